The molecular weight excluding hydrogens is 296 g/mol. The third-order valence-electron chi connectivity index (χ3n) is 2.55. The van der Waals surface area contributed by atoms with Crippen LogP contribution in [0.3, 0.4) is 0 Å². The van der Waals surface area contributed by atoms with Gasteiger partial charge in [0.05, 0.1) is 6.42 Å². The van der Waals surface area contributed by atoms with Gasteiger partial charge in [-0.15, -0.1) is 0 Å². The second-order valence-corrected chi connectivity index (χ2v) is 5.93. The largest absolute Gasteiger partial charge is 0.481 e. The number of amides is 2. The van der Waals surface area contributed by atoms with Crippen LogP contribution in [0.25, 0.3) is 0 Å². The molecule has 0 bridgehead atoms. The van der Waals surface area contributed by atoms with E-state index in [1.807, 2.05) is 20.8 Å². The molecule has 0 spiro atoms. The molecule has 126 valence electrons. The van der Waals surface area contributed by atoms with E-state index in [1.54, 1.807) is 0 Å². The molecule has 22 heavy (non-hydrogen) atoms. The summed E-state index contributed by atoms with van der Waals surface area (Å²) in [5.74, 6) is -2.30. The van der Waals surface area contributed by atoms with E-state index in [9.17, 15) is 19.2 Å². The lowest BCUT2D eigenvalue weighted by Gasteiger charge is -2.25. The van der Waals surface area contributed by atoms with Crippen LogP contribution in [0.4, 0.5) is 4.79 Å². The van der Waals surface area contributed by atoms with Crippen molar-refractivity contribution in [2.45, 2.75) is 52.3 Å². The molecule has 4 N–H and O–H groups in total. The lowest BCUT2D eigenvalue weighted by atomic mass is 9.88. The van der Waals surface area contributed by atoms with Crippen molar-refractivity contribution in [1.82, 2.24) is 10.6 Å². The van der Waals surface area contributed by atoms with Gasteiger partial charge in [-0.1, -0.05) is 20.8 Å². The van der Waals surface area contributed by atoms with Gasteiger partial charge in [0.1, 0.15) is 6.04 Å². The SMILES string of the molecule is CC(C)(C)C[C@H](NC(=O)NC(CCC(=O)O)OC=O)C(=O)O. The molecule has 2 atom stereocenters. The molecule has 0 saturated carbocycles. The summed E-state index contributed by atoms with van der Waals surface area (Å²) in [5, 5.41) is 22.1. The Kier molecular flexibility index (Phi) is 7.92. The van der Waals surface area contributed by atoms with Gasteiger partial charge in [-0.2, -0.15) is 0 Å². The third kappa shape index (κ3) is 9.56. The lowest BCUT2D eigenvalue weighted by Crippen LogP contribution is -2.50. The fourth-order valence-electron chi connectivity index (χ4n) is 1.65. The molecular formula is C13H22N2O7. The zero-order chi connectivity index (χ0) is 17.3. The van der Waals surface area contributed by atoms with Gasteiger partial charge in [0.15, 0.2) is 6.23 Å². The molecule has 2 amide bonds. The Bertz CT molecular complexity index is 417. The number of hydrogen-bond acceptors (Lipinski definition) is 5. The predicted octanol–water partition coefficient (Wildman–Crippen LogP) is 0.539. The number of aliphatic carboxylic acids is 2. The summed E-state index contributed by atoms with van der Waals surface area (Å²) in [6.07, 6.45) is -1.39. The number of ether oxygens (including phenoxy) is 1. The number of nitrogens with one attached hydrogen (secondary N) is 2. The van der Waals surface area contributed by atoms with Crippen molar-refractivity contribution in [3.63, 3.8) is 0 Å². The summed E-state index contributed by atoms with van der Waals surface area (Å²) in [5.41, 5.74) is -0.321. The maximum absolute atomic E-state index is 11.7. The summed E-state index contributed by atoms with van der Waals surface area (Å²) >= 11 is 0. The Hall–Kier alpha value is -2.32. The normalized spacial score (nSPS) is 13.6. The molecule has 0 aliphatic carbocycles. The van der Waals surface area contributed by atoms with Crippen LogP contribution in [0.15, 0.2) is 0 Å². The monoisotopic (exact) mass is 318 g/mol. The quantitative estimate of drug-likeness (QED) is 0.359. The van der Waals surface area contributed by atoms with E-state index in [1.165, 1.54) is 0 Å². The van der Waals surface area contributed by atoms with Crippen molar-refractivity contribution in [1.29, 1.82) is 0 Å². The van der Waals surface area contributed by atoms with Crippen molar-refractivity contribution in [3.05, 3.63) is 0 Å². The van der Waals surface area contributed by atoms with Gasteiger partial charge in [-0.3, -0.25) is 9.59 Å². The lowest BCUT2D eigenvalue weighted by molar-refractivity contribution is -0.141. The summed E-state index contributed by atoms with van der Waals surface area (Å²) in [6, 6.07) is -1.97. The molecule has 0 aliphatic heterocycles. The van der Waals surface area contributed by atoms with E-state index in [0.29, 0.717) is 0 Å². The van der Waals surface area contributed by atoms with Gasteiger partial charge in [0.2, 0.25) is 0 Å². The molecule has 0 fully saturated rings. The molecule has 9 heteroatoms. The molecule has 0 rings (SSSR count). The van der Waals surface area contributed by atoms with Crippen molar-refractivity contribution in [2.24, 2.45) is 5.41 Å². The van der Waals surface area contributed by atoms with E-state index in [-0.39, 0.29) is 31.1 Å². The number of urea groups is 1. The Morgan fingerprint density at radius 1 is 1.18 bits per heavy atom. The number of carbonyl (C=O) groups is 4. The Labute approximate surface area is 128 Å². The first-order chi connectivity index (χ1) is 10.0. The van der Waals surface area contributed by atoms with Gasteiger partial charge >= 0.3 is 18.0 Å². The molecule has 0 saturated heterocycles. The Morgan fingerprint density at radius 2 is 1.77 bits per heavy atom. The van der Waals surface area contributed by atoms with Gasteiger partial charge in [0, 0.05) is 6.42 Å². The second-order valence-electron chi connectivity index (χ2n) is 5.93. The van der Waals surface area contributed by atoms with Gasteiger partial charge in [0.25, 0.3) is 6.47 Å². The Balaban J connectivity index is 4.60. The van der Waals surface area contributed by atoms with Crippen LogP contribution in [-0.2, 0) is 19.1 Å². The highest BCUT2D eigenvalue weighted by Gasteiger charge is 2.27. The van der Waals surface area contributed by atoms with Crippen molar-refractivity contribution < 1.29 is 34.1 Å². The third-order valence-corrected chi connectivity index (χ3v) is 2.55. The fourth-order valence-corrected chi connectivity index (χ4v) is 1.65. The van der Waals surface area contributed by atoms with Crippen LogP contribution in [0.2, 0.25) is 0 Å². The topological polar surface area (TPSA) is 142 Å². The average Bonchev–Trinajstić information content (AvgIpc) is 2.33. The minimum atomic E-state index is -1.19. The first-order valence-electron chi connectivity index (χ1n) is 6.66. The van der Waals surface area contributed by atoms with Crippen molar-refractivity contribution >= 4 is 24.4 Å². The standard InChI is InChI=1S/C13H22N2O7/c1-13(2,3)6-8(11(19)20)14-12(21)15-9(22-7-16)4-5-10(17)18/h7-9H,4-6H2,1-3H3,(H,17,18)(H,19,20)(H2,14,15,21)/t8-,9?/m0/s1. The van der Waals surface area contributed by atoms with E-state index in [0.717, 1.165) is 0 Å². The van der Waals surface area contributed by atoms with Gasteiger partial charge in [-0.05, 0) is 11.8 Å². The number of carboxylic acids is 2. The predicted molar refractivity (Wildman–Crippen MR) is 75.0 cm³/mol. The molecule has 0 aliphatic rings. The molecule has 0 aromatic carbocycles. The summed E-state index contributed by atoms with van der Waals surface area (Å²) in [7, 11) is 0. The van der Waals surface area contributed by atoms with Crippen molar-refractivity contribution in [2.75, 3.05) is 0 Å². The summed E-state index contributed by atoms with van der Waals surface area (Å²) in [6.45, 7) is 5.56. The molecule has 1 unspecified atom stereocenters. The number of hydrogen-bond donors (Lipinski definition) is 4. The van der Waals surface area contributed by atoms with E-state index in [2.05, 4.69) is 15.4 Å². The van der Waals surface area contributed by atoms with Gasteiger partial charge < -0.3 is 25.6 Å². The second kappa shape index (κ2) is 8.85. The number of rotatable bonds is 9. The van der Waals surface area contributed by atoms with Crippen LogP contribution < -0.4 is 10.6 Å². The van der Waals surface area contributed by atoms with Crippen LogP contribution >= 0.6 is 0 Å². The van der Waals surface area contributed by atoms with Crippen LogP contribution in [0, 0.1) is 5.41 Å². The minimum Gasteiger partial charge on any atom is -0.481 e. The number of carboxylic acid groups (broad SMARTS) is 2. The fraction of sp³-hybridized carbons (Fsp3) is 0.692. The molecule has 0 aromatic heterocycles. The smallest absolute Gasteiger partial charge is 0.326 e. The Morgan fingerprint density at radius 3 is 2.18 bits per heavy atom. The molecule has 9 nitrogen and oxygen atoms in total. The van der Waals surface area contributed by atoms with E-state index < -0.39 is 30.2 Å². The highest BCUT2D eigenvalue weighted by atomic mass is 16.5. The minimum absolute atomic E-state index is 0.0800. The van der Waals surface area contributed by atoms with Crippen LogP contribution in [0.5, 0.6) is 0 Å². The zero-order valence-electron chi connectivity index (χ0n) is 12.8. The highest BCUT2D eigenvalue weighted by molar-refractivity contribution is 5.82. The van der Waals surface area contributed by atoms with E-state index in [4.69, 9.17) is 10.2 Å². The molecule has 0 aromatic rings. The number of carbonyl (C=O) groups excluding carboxylic acids is 2. The molecule has 0 heterocycles. The maximum atomic E-state index is 11.7. The van der Waals surface area contributed by atoms with Crippen molar-refractivity contribution in [3.8, 4) is 0 Å². The van der Waals surface area contributed by atoms with Gasteiger partial charge in [-0.25, -0.2) is 9.59 Å². The summed E-state index contributed by atoms with van der Waals surface area (Å²) in [4.78, 5) is 43.7. The maximum Gasteiger partial charge on any atom is 0.326 e. The van der Waals surface area contributed by atoms with Crippen LogP contribution in [-0.4, -0.2) is 46.9 Å². The molecule has 0 radical (unpaired) electrons. The average molecular weight is 318 g/mol. The first-order valence-corrected chi connectivity index (χ1v) is 6.66. The highest BCUT2D eigenvalue weighted by Crippen LogP contribution is 2.20. The van der Waals surface area contributed by atoms with E-state index >= 15 is 0 Å². The first kappa shape index (κ1) is 19.7. The zero-order valence-corrected chi connectivity index (χ0v) is 12.8. The van der Waals surface area contributed by atoms with Crippen LogP contribution in [0.1, 0.15) is 40.0 Å². The summed E-state index contributed by atoms with van der Waals surface area (Å²) < 4.78 is 4.54.